The van der Waals surface area contributed by atoms with Crippen LogP contribution in [0, 0.1) is 30.6 Å². The van der Waals surface area contributed by atoms with Gasteiger partial charge in [-0.05, 0) is 45.0 Å². The van der Waals surface area contributed by atoms with Crippen LogP contribution in [-0.2, 0) is 16.1 Å². The number of halogens is 3. The van der Waals surface area contributed by atoms with E-state index in [1.165, 1.54) is 0 Å². The molecule has 1 atom stereocenters. The second kappa shape index (κ2) is 9.23. The van der Waals surface area contributed by atoms with Gasteiger partial charge in [-0.2, -0.15) is 18.4 Å². The lowest BCUT2D eigenvalue weighted by molar-refractivity contribution is -0.192. The van der Waals surface area contributed by atoms with Crippen molar-refractivity contribution in [1.82, 2.24) is 10.1 Å². The number of aryl methyl sites for hydroxylation is 2. The van der Waals surface area contributed by atoms with E-state index in [2.05, 4.69) is 16.1 Å². The number of hydrogen-bond donors (Lipinski definition) is 1. The summed E-state index contributed by atoms with van der Waals surface area (Å²) in [4.78, 5) is 25.8. The predicted octanol–water partition coefficient (Wildman–Crippen LogP) is 3.43. The second-order valence-electron chi connectivity index (χ2n) is 8.39. The van der Waals surface area contributed by atoms with Crippen molar-refractivity contribution in [2.24, 2.45) is 5.41 Å². The summed E-state index contributed by atoms with van der Waals surface area (Å²) in [6, 6.07) is 9.46. The average Bonchev–Trinajstić information content (AvgIpc) is 3.41. The van der Waals surface area contributed by atoms with E-state index in [9.17, 15) is 18.0 Å². The fourth-order valence-electron chi connectivity index (χ4n) is 4.26. The lowest BCUT2D eigenvalue weighted by Crippen LogP contribution is -2.31. The minimum Gasteiger partial charge on any atom is -0.475 e. The Morgan fingerprint density at radius 1 is 1.33 bits per heavy atom. The largest absolute Gasteiger partial charge is 0.490 e. The zero-order valence-corrected chi connectivity index (χ0v) is 18.1. The van der Waals surface area contributed by atoms with Crippen molar-refractivity contribution in [1.29, 1.82) is 5.26 Å². The number of rotatable bonds is 3. The van der Waals surface area contributed by atoms with Crippen LogP contribution in [0.25, 0.3) is 0 Å². The molecule has 1 amide bonds. The molecule has 0 aliphatic carbocycles. The van der Waals surface area contributed by atoms with Gasteiger partial charge in [0, 0.05) is 42.7 Å². The first kappa shape index (κ1) is 24.3. The van der Waals surface area contributed by atoms with Crippen LogP contribution >= 0.6 is 0 Å². The number of aromatic nitrogens is 1. The first-order valence-corrected chi connectivity index (χ1v) is 10.2. The van der Waals surface area contributed by atoms with Gasteiger partial charge >= 0.3 is 12.1 Å². The van der Waals surface area contributed by atoms with Crippen LogP contribution in [-0.4, -0.2) is 52.9 Å². The van der Waals surface area contributed by atoms with Crippen molar-refractivity contribution in [3.8, 4) is 6.07 Å². The van der Waals surface area contributed by atoms with Crippen LogP contribution in [0.3, 0.4) is 0 Å². The van der Waals surface area contributed by atoms with Crippen molar-refractivity contribution >= 4 is 17.6 Å². The number of benzene rings is 1. The van der Waals surface area contributed by atoms with Crippen LogP contribution in [0.4, 0.5) is 18.9 Å². The van der Waals surface area contributed by atoms with Crippen molar-refractivity contribution in [3.05, 3.63) is 46.8 Å². The Hall–Kier alpha value is -3.39. The molecule has 1 aromatic carbocycles. The first-order chi connectivity index (χ1) is 15.4. The van der Waals surface area contributed by atoms with Gasteiger partial charge in [0.1, 0.15) is 5.76 Å². The number of carboxylic acid groups (broad SMARTS) is 1. The Bertz CT molecular complexity index is 1070. The van der Waals surface area contributed by atoms with Gasteiger partial charge < -0.3 is 14.5 Å². The summed E-state index contributed by atoms with van der Waals surface area (Å²) >= 11 is 0. The van der Waals surface area contributed by atoms with Crippen molar-refractivity contribution in [2.75, 3.05) is 24.5 Å². The summed E-state index contributed by atoms with van der Waals surface area (Å²) in [7, 11) is 0. The maximum absolute atomic E-state index is 12.7. The zero-order valence-electron chi connectivity index (χ0n) is 18.1. The lowest BCUT2D eigenvalue weighted by Gasteiger charge is -2.24. The van der Waals surface area contributed by atoms with Crippen molar-refractivity contribution < 1.29 is 32.4 Å². The average molecular weight is 464 g/mol. The fourth-order valence-corrected chi connectivity index (χ4v) is 4.26. The normalized spacial score (nSPS) is 20.6. The van der Waals surface area contributed by atoms with Crippen LogP contribution in [0.5, 0.6) is 0 Å². The molecule has 4 rings (SSSR count). The van der Waals surface area contributed by atoms with Gasteiger partial charge in [-0.3, -0.25) is 9.69 Å². The molecule has 0 bridgehead atoms. The molecule has 2 aliphatic rings. The molecule has 2 aromatic rings. The van der Waals surface area contributed by atoms with Gasteiger partial charge in [-0.15, -0.1) is 0 Å². The van der Waals surface area contributed by atoms with E-state index in [0.29, 0.717) is 12.0 Å². The maximum Gasteiger partial charge on any atom is 0.490 e. The highest BCUT2D eigenvalue weighted by molar-refractivity contribution is 5.96. The number of carbonyl (C=O) groups excluding carboxylic acids is 1. The molecule has 2 aliphatic heterocycles. The Balaban J connectivity index is 0.000000383. The van der Waals surface area contributed by atoms with E-state index in [1.54, 1.807) is 12.1 Å². The molecule has 2 fully saturated rings. The lowest BCUT2D eigenvalue weighted by atomic mass is 9.86. The van der Waals surface area contributed by atoms with Gasteiger partial charge in [0.15, 0.2) is 0 Å². The molecular weight excluding hydrogens is 441 g/mol. The third kappa shape index (κ3) is 5.51. The standard InChI is InChI=1S/C20H22N4O2.C2HF3O2/c1-14-18(15(2)26-22-14)11-23-7-6-20(12-23)9-19(25)24(13-20)17-5-3-4-16(8-17)10-21;3-2(4,5)1(6)7/h3-5,8H,6-7,9,11-13H2,1-2H3;(H,6,7). The van der Waals surface area contributed by atoms with Crippen molar-refractivity contribution in [2.45, 2.75) is 39.4 Å². The molecule has 0 saturated carbocycles. The quantitative estimate of drug-likeness (QED) is 0.741. The van der Waals surface area contributed by atoms with Crippen LogP contribution in [0.15, 0.2) is 28.8 Å². The number of carbonyl (C=O) groups is 2. The molecule has 11 heteroatoms. The molecular formula is C22H23F3N4O4. The summed E-state index contributed by atoms with van der Waals surface area (Å²) < 4.78 is 37.0. The van der Waals surface area contributed by atoms with E-state index in [-0.39, 0.29) is 11.3 Å². The van der Waals surface area contributed by atoms with Crippen LogP contribution in [0.1, 0.15) is 35.4 Å². The number of carboxylic acids is 1. The fraction of sp³-hybridized carbons (Fsp3) is 0.455. The summed E-state index contributed by atoms with van der Waals surface area (Å²) in [5, 5.41) is 20.3. The van der Waals surface area contributed by atoms with Gasteiger partial charge in [0.05, 0.1) is 17.3 Å². The summed E-state index contributed by atoms with van der Waals surface area (Å²) in [6.45, 7) is 7.34. The zero-order chi connectivity index (χ0) is 24.4. The first-order valence-electron chi connectivity index (χ1n) is 10.2. The topological polar surface area (TPSA) is 111 Å². The van der Waals surface area contributed by atoms with Crippen LogP contribution < -0.4 is 4.90 Å². The van der Waals surface area contributed by atoms with E-state index in [4.69, 9.17) is 19.7 Å². The van der Waals surface area contributed by atoms with E-state index < -0.39 is 12.1 Å². The molecule has 1 N–H and O–H groups in total. The van der Waals surface area contributed by atoms with E-state index in [1.807, 2.05) is 30.9 Å². The molecule has 33 heavy (non-hydrogen) atoms. The summed E-state index contributed by atoms with van der Waals surface area (Å²) in [5.74, 6) is -1.73. The van der Waals surface area contributed by atoms with E-state index in [0.717, 1.165) is 55.3 Å². The SMILES string of the molecule is Cc1noc(C)c1CN1CCC2(CC(=O)N(c3cccc(C#N)c3)C2)C1.O=C(O)C(F)(F)F. The van der Waals surface area contributed by atoms with Gasteiger partial charge in [0.2, 0.25) is 5.91 Å². The second-order valence-corrected chi connectivity index (χ2v) is 8.39. The number of likely N-dealkylation sites (tertiary alicyclic amines) is 1. The number of nitrogens with zero attached hydrogens (tertiary/aromatic N) is 4. The molecule has 8 nitrogen and oxygen atoms in total. The van der Waals surface area contributed by atoms with E-state index >= 15 is 0 Å². The summed E-state index contributed by atoms with van der Waals surface area (Å²) in [6.07, 6.45) is -3.50. The number of alkyl halides is 3. The van der Waals surface area contributed by atoms with Crippen LogP contribution in [0.2, 0.25) is 0 Å². The smallest absolute Gasteiger partial charge is 0.475 e. The predicted molar refractivity (Wildman–Crippen MR) is 110 cm³/mol. The number of nitriles is 1. The monoisotopic (exact) mass is 464 g/mol. The Morgan fingerprint density at radius 2 is 2.03 bits per heavy atom. The number of anilines is 1. The molecule has 1 aromatic heterocycles. The number of amides is 1. The Labute approximate surface area is 188 Å². The van der Waals surface area contributed by atoms with Gasteiger partial charge in [0.25, 0.3) is 0 Å². The summed E-state index contributed by atoms with van der Waals surface area (Å²) in [5.41, 5.74) is 3.52. The third-order valence-electron chi connectivity index (χ3n) is 5.93. The highest BCUT2D eigenvalue weighted by Crippen LogP contribution is 2.42. The maximum atomic E-state index is 12.7. The highest BCUT2D eigenvalue weighted by atomic mass is 19.4. The molecule has 3 heterocycles. The Morgan fingerprint density at radius 3 is 2.61 bits per heavy atom. The number of hydrogen-bond acceptors (Lipinski definition) is 6. The minimum atomic E-state index is -5.08. The Kier molecular flexibility index (Phi) is 6.78. The molecule has 1 unspecified atom stereocenters. The van der Waals surface area contributed by atoms with Gasteiger partial charge in [-0.25, -0.2) is 4.79 Å². The van der Waals surface area contributed by atoms with Crippen molar-refractivity contribution in [3.63, 3.8) is 0 Å². The highest BCUT2D eigenvalue weighted by Gasteiger charge is 2.47. The molecule has 1 spiro atoms. The molecule has 0 radical (unpaired) electrons. The minimum absolute atomic E-state index is 0.00128. The molecule has 176 valence electrons. The van der Waals surface area contributed by atoms with Gasteiger partial charge in [-0.1, -0.05) is 11.2 Å². The third-order valence-corrected chi connectivity index (χ3v) is 5.93. The molecule has 2 saturated heterocycles. The number of aliphatic carboxylic acids is 1.